The number of fused-ring (bicyclic) bond motifs is 3. The molecule has 0 aliphatic carbocycles. The van der Waals surface area contributed by atoms with Crippen molar-refractivity contribution in [1.29, 1.82) is 0 Å². The topological polar surface area (TPSA) is 89.8 Å². The molecule has 33 heavy (non-hydrogen) atoms. The van der Waals surface area contributed by atoms with Gasteiger partial charge in [0.15, 0.2) is 5.75 Å². The van der Waals surface area contributed by atoms with Crippen LogP contribution in [0.15, 0.2) is 89.1 Å². The van der Waals surface area contributed by atoms with Gasteiger partial charge in [-0.1, -0.05) is 48.0 Å². The van der Waals surface area contributed by atoms with Crippen LogP contribution in [0.4, 0.5) is 17.1 Å². The molecular weight excluding hydrogens is 436 g/mol. The lowest BCUT2D eigenvalue weighted by molar-refractivity contribution is 0.102. The Labute approximate surface area is 194 Å². The maximum Gasteiger partial charge on any atom is 0.261 e. The summed E-state index contributed by atoms with van der Waals surface area (Å²) in [6.45, 7) is 1.93. The first kappa shape index (κ1) is 20.7. The van der Waals surface area contributed by atoms with Gasteiger partial charge in [-0.3, -0.25) is 4.79 Å². The summed E-state index contributed by atoms with van der Waals surface area (Å²) < 4.78 is 0. The number of benzene rings is 4. The fourth-order valence-corrected chi connectivity index (χ4v) is 3.90. The molecule has 162 valence electrons. The highest BCUT2D eigenvalue weighted by molar-refractivity contribution is 6.30. The molecule has 4 aromatic carbocycles. The summed E-state index contributed by atoms with van der Waals surface area (Å²) in [4.78, 5) is 16.6. The van der Waals surface area contributed by atoms with Crippen molar-refractivity contribution in [1.82, 2.24) is 4.98 Å². The first-order valence-corrected chi connectivity index (χ1v) is 10.7. The summed E-state index contributed by atoms with van der Waals surface area (Å²) in [5.74, 6) is -0.725. The monoisotopic (exact) mass is 454 g/mol. The third-order valence-electron chi connectivity index (χ3n) is 5.47. The van der Waals surface area contributed by atoms with Crippen LogP contribution >= 0.6 is 11.6 Å². The molecule has 7 heteroatoms. The molecule has 0 bridgehead atoms. The van der Waals surface area contributed by atoms with E-state index >= 15 is 0 Å². The fourth-order valence-electron chi connectivity index (χ4n) is 3.77. The van der Waals surface area contributed by atoms with E-state index in [0.717, 1.165) is 21.9 Å². The number of carbonyl (C=O) groups excluding carboxylic acids is 1. The second-order valence-electron chi connectivity index (χ2n) is 7.66. The number of rotatable bonds is 4. The largest absolute Gasteiger partial charge is 0.505 e. The van der Waals surface area contributed by atoms with E-state index in [9.17, 15) is 9.90 Å². The van der Waals surface area contributed by atoms with Crippen LogP contribution in [0.25, 0.3) is 21.8 Å². The van der Waals surface area contributed by atoms with Crippen LogP contribution in [0.5, 0.6) is 5.75 Å². The maximum absolute atomic E-state index is 13.3. The lowest BCUT2D eigenvalue weighted by Gasteiger charge is -2.10. The van der Waals surface area contributed by atoms with Crippen LogP contribution in [0.1, 0.15) is 15.9 Å². The van der Waals surface area contributed by atoms with Gasteiger partial charge in [-0.2, -0.15) is 5.11 Å². The predicted molar refractivity (Wildman–Crippen MR) is 132 cm³/mol. The molecule has 0 saturated carbocycles. The second-order valence-corrected chi connectivity index (χ2v) is 8.10. The Hall–Kier alpha value is -4.16. The Morgan fingerprint density at radius 3 is 2.39 bits per heavy atom. The highest BCUT2D eigenvalue weighted by Crippen LogP contribution is 2.40. The first-order valence-electron chi connectivity index (χ1n) is 10.3. The average Bonchev–Trinajstić information content (AvgIpc) is 3.18. The molecule has 5 aromatic rings. The minimum absolute atomic E-state index is 0.0948. The Bertz CT molecular complexity index is 1540. The van der Waals surface area contributed by atoms with Crippen LogP contribution in [-0.4, -0.2) is 16.0 Å². The summed E-state index contributed by atoms with van der Waals surface area (Å²) in [7, 11) is 0. The van der Waals surface area contributed by atoms with Crippen LogP contribution in [0.3, 0.4) is 0 Å². The summed E-state index contributed by atoms with van der Waals surface area (Å²) in [6.07, 6.45) is 0. The quantitative estimate of drug-likeness (QED) is 0.243. The van der Waals surface area contributed by atoms with Gasteiger partial charge in [-0.25, -0.2) is 0 Å². The molecule has 0 saturated heterocycles. The zero-order valence-electron chi connectivity index (χ0n) is 17.6. The van der Waals surface area contributed by atoms with E-state index in [2.05, 4.69) is 20.5 Å². The highest BCUT2D eigenvalue weighted by atomic mass is 35.5. The van der Waals surface area contributed by atoms with Crippen molar-refractivity contribution in [2.45, 2.75) is 6.92 Å². The number of azo groups is 1. The molecule has 3 N–H and O–H groups in total. The smallest absolute Gasteiger partial charge is 0.261 e. The van der Waals surface area contributed by atoms with E-state index in [1.165, 1.54) is 0 Å². The van der Waals surface area contributed by atoms with Crippen molar-refractivity contribution in [2.24, 2.45) is 10.2 Å². The number of aromatic hydroxyl groups is 1. The molecule has 0 spiro atoms. The van der Waals surface area contributed by atoms with Gasteiger partial charge >= 0.3 is 0 Å². The number of carbonyl (C=O) groups is 1. The van der Waals surface area contributed by atoms with E-state index in [4.69, 9.17) is 11.6 Å². The number of nitrogens with zero attached hydrogens (tertiary/aromatic N) is 2. The van der Waals surface area contributed by atoms with Crippen LogP contribution in [0, 0.1) is 6.92 Å². The molecule has 0 fully saturated rings. The number of para-hydroxylation sites is 1. The number of amides is 1. The number of anilines is 1. The lowest BCUT2D eigenvalue weighted by atomic mass is 10.1. The number of aryl methyl sites for hydroxylation is 1. The molecule has 0 unspecified atom stereocenters. The third-order valence-corrected chi connectivity index (χ3v) is 5.72. The van der Waals surface area contributed by atoms with Gasteiger partial charge in [0.05, 0.1) is 11.2 Å². The molecule has 1 heterocycles. The number of H-pyrrole nitrogens is 1. The SMILES string of the molecule is Cc1ccccc1N=Nc1cc2c([nH]c3ccccc32)c(C(=O)Nc2ccc(Cl)cc2)c1O. The number of aromatic nitrogens is 1. The minimum Gasteiger partial charge on any atom is -0.505 e. The van der Waals surface area contributed by atoms with Gasteiger partial charge in [-0.15, -0.1) is 5.11 Å². The van der Waals surface area contributed by atoms with Crippen LogP contribution < -0.4 is 5.32 Å². The van der Waals surface area contributed by atoms with Crippen molar-refractivity contribution in [3.63, 3.8) is 0 Å². The summed E-state index contributed by atoms with van der Waals surface area (Å²) in [5, 5.41) is 24.8. The van der Waals surface area contributed by atoms with E-state index in [-0.39, 0.29) is 17.0 Å². The van der Waals surface area contributed by atoms with Crippen molar-refractivity contribution in [3.8, 4) is 5.75 Å². The normalized spacial score (nSPS) is 11.5. The molecule has 0 radical (unpaired) electrons. The fraction of sp³-hybridized carbons (Fsp3) is 0.0385. The third kappa shape index (κ3) is 3.92. The number of halogens is 1. The Balaban J connectivity index is 1.67. The summed E-state index contributed by atoms with van der Waals surface area (Å²) >= 11 is 5.95. The molecule has 6 nitrogen and oxygen atoms in total. The molecule has 5 rings (SSSR count). The van der Waals surface area contributed by atoms with Crippen molar-refractivity contribution in [3.05, 3.63) is 95.0 Å². The van der Waals surface area contributed by atoms with Gasteiger partial charge in [0.1, 0.15) is 11.3 Å². The van der Waals surface area contributed by atoms with E-state index in [1.807, 2.05) is 55.5 Å². The Kier molecular flexibility index (Phi) is 5.28. The van der Waals surface area contributed by atoms with E-state index in [1.54, 1.807) is 30.3 Å². The van der Waals surface area contributed by atoms with Gasteiger partial charge in [0.2, 0.25) is 0 Å². The van der Waals surface area contributed by atoms with E-state index in [0.29, 0.717) is 21.9 Å². The number of nitrogens with one attached hydrogen (secondary N) is 2. The molecular formula is C26H19ClN4O2. The number of hydrogen-bond donors (Lipinski definition) is 3. The van der Waals surface area contributed by atoms with Crippen LogP contribution in [-0.2, 0) is 0 Å². The Morgan fingerprint density at radius 2 is 1.61 bits per heavy atom. The van der Waals surface area contributed by atoms with Crippen molar-refractivity contribution < 1.29 is 9.90 Å². The van der Waals surface area contributed by atoms with Gasteiger partial charge in [-0.05, 0) is 55.0 Å². The van der Waals surface area contributed by atoms with Gasteiger partial charge in [0, 0.05) is 27.0 Å². The standard InChI is InChI=1S/C26H19ClN4O2/c1-15-6-2-4-8-20(15)30-31-22-14-19-18-7-3-5-9-21(18)29-24(19)23(25(22)32)26(33)28-17-12-10-16(27)11-13-17/h2-14,29,32H,1H3,(H,28,33). The predicted octanol–water partition coefficient (Wildman–Crippen LogP) is 7.66. The first-order chi connectivity index (χ1) is 16.0. The van der Waals surface area contributed by atoms with E-state index < -0.39 is 5.91 Å². The zero-order chi connectivity index (χ0) is 22.9. The molecule has 0 aliphatic rings. The van der Waals surface area contributed by atoms with Gasteiger partial charge in [0.25, 0.3) is 5.91 Å². The average molecular weight is 455 g/mol. The van der Waals surface area contributed by atoms with Crippen LogP contribution in [0.2, 0.25) is 5.02 Å². The van der Waals surface area contributed by atoms with Crippen molar-refractivity contribution >= 4 is 56.4 Å². The Morgan fingerprint density at radius 1 is 0.909 bits per heavy atom. The molecule has 0 atom stereocenters. The molecule has 0 aliphatic heterocycles. The molecule has 1 amide bonds. The highest BCUT2D eigenvalue weighted by Gasteiger charge is 2.22. The maximum atomic E-state index is 13.3. The second kappa shape index (κ2) is 8.41. The summed E-state index contributed by atoms with van der Waals surface area (Å²) in [6, 6.07) is 23.8. The molecule has 1 aromatic heterocycles. The lowest BCUT2D eigenvalue weighted by Crippen LogP contribution is -2.12. The minimum atomic E-state index is -0.473. The van der Waals surface area contributed by atoms with Gasteiger partial charge < -0.3 is 15.4 Å². The number of phenolic OH excluding ortho intramolecular Hbond substituents is 1. The summed E-state index contributed by atoms with van der Waals surface area (Å²) in [5.41, 5.74) is 3.86. The number of aromatic amines is 1. The zero-order valence-corrected chi connectivity index (χ0v) is 18.4. The number of phenols is 1. The number of hydrogen-bond acceptors (Lipinski definition) is 4. The van der Waals surface area contributed by atoms with Crippen molar-refractivity contribution in [2.75, 3.05) is 5.32 Å².